The summed E-state index contributed by atoms with van der Waals surface area (Å²) in [5, 5.41) is 26.9. The van der Waals surface area contributed by atoms with Gasteiger partial charge in [0.1, 0.15) is 22.8 Å². The average molecular weight is 500 g/mol. The molecule has 0 bridgehead atoms. The first-order valence-electron chi connectivity index (χ1n) is 8.81. The maximum Gasteiger partial charge on any atom is 0.352 e. The number of carbonyl (C=O) groups excluding carboxylic acids is 2. The Kier molecular flexibility index (Phi) is 7.42. The van der Waals surface area contributed by atoms with Gasteiger partial charge in [-0.25, -0.2) is 14.6 Å². The molecule has 12 nitrogen and oxygen atoms in total. The molecule has 2 aliphatic rings. The number of aliphatic carboxylic acids is 2. The van der Waals surface area contributed by atoms with E-state index in [0.717, 1.165) is 16.2 Å². The summed E-state index contributed by atoms with van der Waals surface area (Å²) >= 11 is 3.67. The van der Waals surface area contributed by atoms with Crippen LogP contribution in [0.15, 0.2) is 33.8 Å². The van der Waals surface area contributed by atoms with Gasteiger partial charge in [-0.15, -0.1) is 34.9 Å². The Morgan fingerprint density at radius 1 is 1.47 bits per heavy atom. The molecule has 1 fully saturated rings. The first kappa shape index (κ1) is 23.6. The van der Waals surface area contributed by atoms with E-state index in [1.165, 1.54) is 28.9 Å². The van der Waals surface area contributed by atoms with Gasteiger partial charge in [0.15, 0.2) is 10.8 Å². The number of oxime groups is 1. The zero-order valence-corrected chi connectivity index (χ0v) is 18.7. The van der Waals surface area contributed by atoms with Crippen LogP contribution in [0.2, 0.25) is 0 Å². The van der Waals surface area contributed by atoms with Gasteiger partial charge >= 0.3 is 11.9 Å². The molecule has 32 heavy (non-hydrogen) atoms. The number of nitrogens with two attached hydrogens (primary N) is 1. The molecule has 0 radical (unpaired) electrons. The number of β-lactam (4-membered cyclic amide) rings is 1. The SMILES string of the molecule is C=CSCC1=C(C(=O)O)N2C(=O)C(NC(=O)/C(=N\OCC(=O)O)c3csc(N)n3)[C@H]2SC1. The van der Waals surface area contributed by atoms with Crippen molar-refractivity contribution >= 4 is 69.5 Å². The number of nitrogen functional groups attached to an aromatic ring is 1. The topological polar surface area (TPSA) is 185 Å². The summed E-state index contributed by atoms with van der Waals surface area (Å²) < 4.78 is 0. The van der Waals surface area contributed by atoms with Crippen LogP contribution < -0.4 is 11.1 Å². The van der Waals surface area contributed by atoms with Crippen LogP contribution in [-0.2, 0) is 24.0 Å². The van der Waals surface area contributed by atoms with E-state index in [-0.39, 0.29) is 22.2 Å². The van der Waals surface area contributed by atoms with Crippen LogP contribution in [0.1, 0.15) is 5.69 Å². The molecule has 0 aliphatic carbocycles. The minimum absolute atomic E-state index is 0.0465. The van der Waals surface area contributed by atoms with Gasteiger partial charge in [-0.05, 0) is 11.0 Å². The predicted octanol–water partition coefficient (Wildman–Crippen LogP) is 0.146. The summed E-state index contributed by atoms with van der Waals surface area (Å²) in [6, 6.07) is -1.00. The lowest BCUT2D eigenvalue weighted by molar-refractivity contribution is -0.150. The van der Waals surface area contributed by atoms with Gasteiger partial charge in [-0.1, -0.05) is 11.7 Å². The second-order valence-electron chi connectivity index (χ2n) is 6.27. The lowest BCUT2D eigenvalue weighted by atomic mass is 10.0. The number of carbonyl (C=O) groups is 4. The highest BCUT2D eigenvalue weighted by atomic mass is 32.2. The van der Waals surface area contributed by atoms with Crippen molar-refractivity contribution in [2.75, 3.05) is 23.8 Å². The minimum Gasteiger partial charge on any atom is -0.479 e. The van der Waals surface area contributed by atoms with Gasteiger partial charge < -0.3 is 26.1 Å². The monoisotopic (exact) mass is 499 g/mol. The summed E-state index contributed by atoms with van der Waals surface area (Å²) in [6.45, 7) is 2.80. The van der Waals surface area contributed by atoms with Crippen molar-refractivity contribution in [3.63, 3.8) is 0 Å². The second kappa shape index (κ2) is 10.1. The molecule has 0 saturated carbocycles. The fraction of sp³-hybridized carbons (Fsp3) is 0.294. The van der Waals surface area contributed by atoms with Crippen LogP contribution in [-0.4, -0.2) is 79.1 Å². The number of aromatic nitrogens is 1. The van der Waals surface area contributed by atoms with E-state index in [1.54, 1.807) is 5.41 Å². The highest BCUT2D eigenvalue weighted by molar-refractivity contribution is 8.02. The van der Waals surface area contributed by atoms with E-state index in [4.69, 9.17) is 10.8 Å². The molecule has 1 aromatic heterocycles. The molecule has 2 aliphatic heterocycles. The Bertz CT molecular complexity index is 1040. The number of nitrogens with one attached hydrogen (secondary N) is 1. The Hall–Kier alpha value is -3.04. The fourth-order valence-corrected chi connectivity index (χ4v) is 5.50. The summed E-state index contributed by atoms with van der Waals surface area (Å²) in [5.74, 6) is -3.20. The number of anilines is 1. The van der Waals surface area contributed by atoms with Gasteiger partial charge in [-0.2, -0.15) is 0 Å². The van der Waals surface area contributed by atoms with E-state index >= 15 is 0 Å². The molecule has 2 amide bonds. The normalized spacial score (nSPS) is 20.3. The number of hydrogen-bond acceptors (Lipinski definition) is 11. The zero-order valence-electron chi connectivity index (χ0n) is 16.2. The zero-order chi connectivity index (χ0) is 23.4. The van der Waals surface area contributed by atoms with Crippen LogP contribution in [0, 0.1) is 0 Å². The molecule has 170 valence electrons. The Morgan fingerprint density at radius 2 is 2.22 bits per heavy atom. The van der Waals surface area contributed by atoms with Gasteiger partial charge in [0.25, 0.3) is 11.8 Å². The van der Waals surface area contributed by atoms with Crippen molar-refractivity contribution in [1.82, 2.24) is 15.2 Å². The molecular weight excluding hydrogens is 482 g/mol. The maximum absolute atomic E-state index is 12.8. The smallest absolute Gasteiger partial charge is 0.352 e. The third-order valence-electron chi connectivity index (χ3n) is 4.24. The number of carboxylic acids is 2. The number of rotatable bonds is 10. The maximum atomic E-state index is 12.8. The van der Waals surface area contributed by atoms with Crippen LogP contribution in [0.5, 0.6) is 0 Å². The summed E-state index contributed by atoms with van der Waals surface area (Å²) in [4.78, 5) is 57.7. The minimum atomic E-state index is -1.30. The van der Waals surface area contributed by atoms with Crippen LogP contribution in [0.25, 0.3) is 0 Å². The van der Waals surface area contributed by atoms with Crippen molar-refractivity contribution < 1.29 is 34.2 Å². The van der Waals surface area contributed by atoms with Crippen LogP contribution >= 0.6 is 34.9 Å². The molecule has 3 rings (SSSR count). The third-order valence-corrected chi connectivity index (χ3v) is 7.00. The Morgan fingerprint density at radius 3 is 2.81 bits per heavy atom. The third kappa shape index (κ3) is 4.89. The van der Waals surface area contributed by atoms with Crippen molar-refractivity contribution in [3.8, 4) is 0 Å². The molecule has 2 atom stereocenters. The van der Waals surface area contributed by atoms with Crippen molar-refractivity contribution in [2.45, 2.75) is 11.4 Å². The number of thiazole rings is 1. The molecule has 1 aromatic rings. The number of nitrogens with zero attached hydrogens (tertiary/aromatic N) is 3. The Balaban J connectivity index is 1.78. The predicted molar refractivity (Wildman–Crippen MR) is 119 cm³/mol. The number of amides is 2. The molecular formula is C17H17N5O7S3. The molecule has 3 heterocycles. The lowest BCUT2D eigenvalue weighted by Crippen LogP contribution is -2.71. The van der Waals surface area contributed by atoms with Gasteiger partial charge in [0, 0.05) is 16.9 Å². The molecule has 15 heteroatoms. The number of thioether (sulfide) groups is 2. The average Bonchev–Trinajstić information content (AvgIpc) is 3.17. The van der Waals surface area contributed by atoms with Crippen molar-refractivity contribution in [3.05, 3.63) is 34.3 Å². The first-order valence-corrected chi connectivity index (χ1v) is 11.8. The largest absolute Gasteiger partial charge is 0.479 e. The first-order chi connectivity index (χ1) is 15.2. The van der Waals surface area contributed by atoms with Gasteiger partial charge in [0.2, 0.25) is 6.61 Å². The summed E-state index contributed by atoms with van der Waals surface area (Å²) in [7, 11) is 0. The highest BCUT2D eigenvalue weighted by Crippen LogP contribution is 2.41. The van der Waals surface area contributed by atoms with E-state index in [9.17, 15) is 24.3 Å². The van der Waals surface area contributed by atoms with E-state index in [2.05, 4.69) is 26.9 Å². The molecule has 5 N–H and O–H groups in total. The molecule has 1 unspecified atom stereocenters. The van der Waals surface area contributed by atoms with E-state index < -0.39 is 41.8 Å². The van der Waals surface area contributed by atoms with E-state index in [1.807, 2.05) is 0 Å². The summed E-state index contributed by atoms with van der Waals surface area (Å²) in [5.41, 5.74) is 5.77. The number of carboxylic acid groups (broad SMARTS) is 2. The lowest BCUT2D eigenvalue weighted by Gasteiger charge is -2.49. The highest BCUT2D eigenvalue weighted by Gasteiger charge is 2.54. The fourth-order valence-electron chi connectivity index (χ4n) is 2.92. The van der Waals surface area contributed by atoms with Gasteiger partial charge in [0.05, 0.1) is 0 Å². The number of hydrogen-bond donors (Lipinski definition) is 4. The van der Waals surface area contributed by atoms with Crippen LogP contribution in [0.3, 0.4) is 0 Å². The molecule has 1 saturated heterocycles. The standard InChI is InChI=1S/C17H17N5O7S3/c1-2-30-4-7-5-31-15-11(14(26)22(15)12(7)16(27)28)20-13(25)10(21-29-3-9(23)24)8-6-32-17(18)19-8/h2,6,11,15H,1,3-5H2,(H2,18,19)(H,20,25)(H,23,24)(H,27,28)/b21-10-/t11?,15-/m1/s1. The van der Waals surface area contributed by atoms with E-state index in [0.29, 0.717) is 17.1 Å². The number of fused-ring (bicyclic) bond motifs is 1. The second-order valence-corrected chi connectivity index (χ2v) is 9.22. The van der Waals surface area contributed by atoms with Gasteiger partial charge in [-0.3, -0.25) is 14.5 Å². The van der Waals surface area contributed by atoms with Crippen molar-refractivity contribution in [1.29, 1.82) is 0 Å². The van der Waals surface area contributed by atoms with Crippen molar-refractivity contribution in [2.24, 2.45) is 5.16 Å². The Labute approximate surface area is 193 Å². The molecule has 0 spiro atoms. The van der Waals surface area contributed by atoms with Crippen LogP contribution in [0.4, 0.5) is 5.13 Å². The summed E-state index contributed by atoms with van der Waals surface area (Å²) in [6.07, 6.45) is 0. The molecule has 0 aromatic carbocycles. The quantitative estimate of drug-likeness (QED) is 0.195.